The van der Waals surface area contributed by atoms with Crippen LogP contribution < -0.4 is 0 Å². The van der Waals surface area contributed by atoms with Gasteiger partial charge in [0, 0.05) is 11.8 Å². The van der Waals surface area contributed by atoms with E-state index in [1.54, 1.807) is 6.92 Å². The number of thiophene rings is 2. The summed E-state index contributed by atoms with van der Waals surface area (Å²) in [5.41, 5.74) is 0. The van der Waals surface area contributed by atoms with Crippen LogP contribution >= 0.6 is 45.9 Å². The molecule has 0 fully saturated rings. The highest BCUT2D eigenvalue weighted by atomic mass is 35.5. The number of hydrogen-bond donors (Lipinski definition) is 2. The van der Waals surface area contributed by atoms with Crippen LogP contribution in [-0.4, -0.2) is 34.7 Å². The first kappa shape index (κ1) is 23.4. The van der Waals surface area contributed by atoms with Gasteiger partial charge in [-0.25, -0.2) is 9.59 Å². The smallest absolute Gasteiger partial charge is 0.348 e. The number of aliphatic hydroxyl groups excluding tert-OH is 1. The zero-order valence-electron chi connectivity index (χ0n) is 14.3. The number of aliphatic hydroxyl groups is 1. The summed E-state index contributed by atoms with van der Waals surface area (Å²) in [6.07, 6.45) is 0. The van der Waals surface area contributed by atoms with Crippen molar-refractivity contribution in [1.29, 1.82) is 0 Å². The van der Waals surface area contributed by atoms with Crippen LogP contribution in [0.5, 0.6) is 0 Å². The van der Waals surface area contributed by atoms with Gasteiger partial charge in [-0.15, -0.1) is 22.7 Å². The van der Waals surface area contributed by atoms with Gasteiger partial charge >= 0.3 is 17.9 Å². The summed E-state index contributed by atoms with van der Waals surface area (Å²) in [5.74, 6) is -1.82. The van der Waals surface area contributed by atoms with Crippen LogP contribution in [0.4, 0.5) is 0 Å². The number of esters is 2. The van der Waals surface area contributed by atoms with Crippen molar-refractivity contribution in [1.82, 2.24) is 0 Å². The molecule has 0 spiro atoms. The number of carboxylic acid groups (broad SMARTS) is 1. The van der Waals surface area contributed by atoms with Crippen molar-refractivity contribution in [2.45, 2.75) is 27.1 Å². The molecule has 0 bridgehead atoms. The lowest BCUT2D eigenvalue weighted by Crippen LogP contribution is -2.01. The molecule has 0 atom stereocenters. The molecule has 27 heavy (non-hydrogen) atoms. The lowest BCUT2D eigenvalue weighted by Gasteiger charge is -1.98. The maximum absolute atomic E-state index is 11.4. The molecular formula is C16H16Cl2O7S2. The Hall–Kier alpha value is -1.65. The highest BCUT2D eigenvalue weighted by Gasteiger charge is 2.15. The Bertz CT molecular complexity index is 814. The molecule has 0 amide bonds. The maximum atomic E-state index is 11.4. The predicted molar refractivity (Wildman–Crippen MR) is 103 cm³/mol. The van der Waals surface area contributed by atoms with Gasteiger partial charge < -0.3 is 19.7 Å². The van der Waals surface area contributed by atoms with Gasteiger partial charge in [0.05, 0.1) is 28.1 Å². The highest BCUT2D eigenvalue weighted by molar-refractivity contribution is 7.14. The first-order chi connectivity index (χ1) is 12.7. The molecule has 2 aromatic rings. The normalized spacial score (nSPS) is 9.96. The predicted octanol–water partition coefficient (Wildman–Crippen LogP) is 4.23. The van der Waals surface area contributed by atoms with Crippen molar-refractivity contribution in [2.75, 3.05) is 6.61 Å². The Balaban J connectivity index is 0.000000289. The van der Waals surface area contributed by atoms with E-state index in [4.69, 9.17) is 42.9 Å². The van der Waals surface area contributed by atoms with Gasteiger partial charge in [-0.2, -0.15) is 0 Å². The molecular weight excluding hydrogens is 439 g/mol. The van der Waals surface area contributed by atoms with E-state index < -0.39 is 11.9 Å². The van der Waals surface area contributed by atoms with Gasteiger partial charge in [0.1, 0.15) is 16.4 Å². The number of ether oxygens (including phenoxy) is 2. The minimum Gasteiger partial charge on any atom is -0.477 e. The molecule has 148 valence electrons. The van der Waals surface area contributed by atoms with Gasteiger partial charge in [-0.05, 0) is 19.1 Å². The number of carbonyl (C=O) groups excluding carboxylic acids is 2. The van der Waals surface area contributed by atoms with Crippen LogP contribution in [0, 0.1) is 0 Å². The minimum atomic E-state index is -1.02. The van der Waals surface area contributed by atoms with Crippen LogP contribution in [0.15, 0.2) is 12.1 Å². The fourth-order valence-corrected chi connectivity index (χ4v) is 3.90. The molecule has 2 rings (SSSR count). The summed E-state index contributed by atoms with van der Waals surface area (Å²) in [5, 5.41) is 17.9. The molecule has 0 saturated carbocycles. The fraction of sp³-hybridized carbons (Fsp3) is 0.312. The summed E-state index contributed by atoms with van der Waals surface area (Å²) in [4.78, 5) is 34.0. The topological polar surface area (TPSA) is 110 Å². The van der Waals surface area contributed by atoms with E-state index >= 15 is 0 Å². The van der Waals surface area contributed by atoms with E-state index in [0.717, 1.165) is 11.3 Å². The van der Waals surface area contributed by atoms with E-state index in [-0.39, 0.29) is 24.1 Å². The molecule has 2 N–H and O–H groups in total. The number of aromatic carboxylic acids is 1. The van der Waals surface area contributed by atoms with Gasteiger partial charge in [0.25, 0.3) is 0 Å². The van der Waals surface area contributed by atoms with Crippen molar-refractivity contribution in [3.8, 4) is 0 Å². The molecule has 0 saturated heterocycles. The molecule has 0 aliphatic carbocycles. The zero-order chi connectivity index (χ0) is 20.6. The fourth-order valence-electron chi connectivity index (χ4n) is 1.59. The molecule has 7 nitrogen and oxygen atoms in total. The van der Waals surface area contributed by atoms with E-state index in [1.807, 2.05) is 0 Å². The quantitative estimate of drug-likeness (QED) is 0.627. The van der Waals surface area contributed by atoms with Crippen LogP contribution in [0.2, 0.25) is 10.0 Å². The number of halogens is 2. The molecule has 0 radical (unpaired) electrons. The Morgan fingerprint density at radius 2 is 1.59 bits per heavy atom. The number of carbonyl (C=O) groups is 3. The largest absolute Gasteiger partial charge is 0.477 e. The third kappa shape index (κ3) is 7.47. The molecule has 0 unspecified atom stereocenters. The minimum absolute atomic E-state index is 0.0816. The summed E-state index contributed by atoms with van der Waals surface area (Å²) in [7, 11) is 0. The van der Waals surface area contributed by atoms with E-state index in [1.165, 1.54) is 30.4 Å². The van der Waals surface area contributed by atoms with Crippen molar-refractivity contribution in [2.24, 2.45) is 0 Å². The van der Waals surface area contributed by atoms with Crippen LogP contribution in [0.3, 0.4) is 0 Å². The van der Waals surface area contributed by atoms with Gasteiger partial charge in [-0.3, -0.25) is 4.79 Å². The Kier molecular flexibility index (Phi) is 9.75. The highest BCUT2D eigenvalue weighted by Crippen LogP contribution is 2.28. The second-order valence-electron chi connectivity index (χ2n) is 4.73. The van der Waals surface area contributed by atoms with Crippen LogP contribution in [0.25, 0.3) is 0 Å². The Morgan fingerprint density at radius 1 is 1.04 bits per heavy atom. The lowest BCUT2D eigenvalue weighted by atomic mass is 10.4. The molecule has 0 aliphatic heterocycles. The average molecular weight is 455 g/mol. The molecule has 2 aromatic heterocycles. The third-order valence-electron chi connectivity index (χ3n) is 2.75. The van der Waals surface area contributed by atoms with Crippen molar-refractivity contribution in [3.63, 3.8) is 0 Å². The molecule has 0 aliphatic rings. The molecule has 11 heteroatoms. The first-order valence-electron chi connectivity index (χ1n) is 7.40. The second kappa shape index (κ2) is 11.3. The monoisotopic (exact) mass is 454 g/mol. The van der Waals surface area contributed by atoms with E-state index in [9.17, 15) is 14.4 Å². The van der Waals surface area contributed by atoms with Gasteiger partial charge in [-0.1, -0.05) is 23.2 Å². The third-order valence-corrected chi connectivity index (χ3v) is 5.85. The van der Waals surface area contributed by atoms with Crippen LogP contribution in [-0.2, 0) is 27.5 Å². The first-order valence-corrected chi connectivity index (χ1v) is 9.79. The number of hydrogen-bond acceptors (Lipinski definition) is 8. The van der Waals surface area contributed by atoms with E-state index in [2.05, 4.69) is 0 Å². The summed E-state index contributed by atoms with van der Waals surface area (Å²) in [6, 6.07) is 2.85. The van der Waals surface area contributed by atoms with Crippen molar-refractivity contribution in [3.05, 3.63) is 41.7 Å². The average Bonchev–Trinajstić information content (AvgIpc) is 3.16. The number of carboxylic acids is 1. The lowest BCUT2D eigenvalue weighted by molar-refractivity contribution is -0.142. The molecule has 2 heterocycles. The Labute approximate surface area is 173 Å². The summed E-state index contributed by atoms with van der Waals surface area (Å²) >= 11 is 13.6. The summed E-state index contributed by atoms with van der Waals surface area (Å²) < 4.78 is 9.62. The van der Waals surface area contributed by atoms with E-state index in [0.29, 0.717) is 31.3 Å². The second-order valence-corrected chi connectivity index (χ2v) is 7.82. The standard InChI is InChI=1S/C10H11ClO4S.C6H5ClO3S/c1-3-14-10(13)8-4-7(11)9(16-8)5-15-6(2)12;7-3-1-4(6(9)10)11-5(3)2-8/h4H,3,5H2,1-2H3;1,8H,2H2,(H,9,10). The maximum Gasteiger partial charge on any atom is 0.348 e. The van der Waals surface area contributed by atoms with Crippen molar-refractivity contribution >= 4 is 63.8 Å². The SMILES string of the molecule is CCOC(=O)c1cc(Cl)c(COC(C)=O)s1.O=C(O)c1cc(Cl)c(CO)s1. The summed E-state index contributed by atoms with van der Waals surface area (Å²) in [6.45, 7) is 3.23. The number of rotatable bonds is 6. The van der Waals surface area contributed by atoms with Gasteiger partial charge in [0.2, 0.25) is 0 Å². The van der Waals surface area contributed by atoms with Gasteiger partial charge in [0.15, 0.2) is 0 Å². The Morgan fingerprint density at radius 3 is 2.04 bits per heavy atom. The van der Waals surface area contributed by atoms with Crippen LogP contribution in [0.1, 0.15) is 42.9 Å². The zero-order valence-corrected chi connectivity index (χ0v) is 17.4. The van der Waals surface area contributed by atoms with Crippen molar-refractivity contribution < 1.29 is 34.1 Å². The molecule has 0 aromatic carbocycles.